The largest absolute Gasteiger partial charge is 0.368 e. The maximum Gasteiger partial charge on any atom is 0.229 e. The van der Waals surface area contributed by atoms with Crippen LogP contribution in [0.5, 0.6) is 0 Å². The van der Waals surface area contributed by atoms with Crippen LogP contribution in [-0.4, -0.2) is 45.7 Å². The zero-order valence-electron chi connectivity index (χ0n) is 17.4. The van der Waals surface area contributed by atoms with E-state index in [2.05, 4.69) is 43.0 Å². The third-order valence-electron chi connectivity index (χ3n) is 5.49. The molecular weight excluding hydrogens is 384 g/mol. The van der Waals surface area contributed by atoms with E-state index in [-0.39, 0.29) is 11.8 Å². The molecule has 3 rings (SSSR count). The van der Waals surface area contributed by atoms with E-state index in [0.717, 1.165) is 30.8 Å². The highest BCUT2D eigenvalue weighted by Gasteiger charge is 2.26. The lowest BCUT2D eigenvalue weighted by Crippen LogP contribution is -2.49. The van der Waals surface area contributed by atoms with Crippen molar-refractivity contribution < 1.29 is 13.6 Å². The molecule has 0 spiro atoms. The standard InChI is InChI=1S/C23H30N2O3S/c1-17(2)16-19-4-6-20(7-5-19)18(3)23(26)25-14-12-24(13-15-25)21-8-10-22(11-9-21)29(27)28/h4-11,17-18H,12-16H2,1-3H3,(H,27,28). The fraction of sp³-hybridized carbons (Fsp3) is 0.435. The van der Waals surface area contributed by atoms with Crippen LogP contribution in [0.4, 0.5) is 5.69 Å². The average Bonchev–Trinajstić information content (AvgIpc) is 2.73. The summed E-state index contributed by atoms with van der Waals surface area (Å²) in [5.74, 6) is 0.652. The van der Waals surface area contributed by atoms with Gasteiger partial charge in [0.1, 0.15) is 0 Å². The Balaban J connectivity index is 1.57. The molecule has 0 radical (unpaired) electrons. The Morgan fingerprint density at radius 1 is 0.966 bits per heavy atom. The van der Waals surface area contributed by atoms with Gasteiger partial charge in [0.2, 0.25) is 5.91 Å². The molecule has 156 valence electrons. The molecule has 2 atom stereocenters. The van der Waals surface area contributed by atoms with Crippen LogP contribution in [0.1, 0.15) is 37.8 Å². The average molecular weight is 415 g/mol. The van der Waals surface area contributed by atoms with Crippen LogP contribution >= 0.6 is 0 Å². The van der Waals surface area contributed by atoms with Crippen molar-refractivity contribution in [2.24, 2.45) is 5.92 Å². The van der Waals surface area contributed by atoms with Crippen molar-refractivity contribution in [3.63, 3.8) is 0 Å². The van der Waals surface area contributed by atoms with E-state index in [4.69, 9.17) is 4.55 Å². The lowest BCUT2D eigenvalue weighted by Gasteiger charge is -2.37. The van der Waals surface area contributed by atoms with Crippen LogP contribution in [0.15, 0.2) is 53.4 Å². The van der Waals surface area contributed by atoms with Gasteiger partial charge in [0.15, 0.2) is 11.1 Å². The number of carbonyl (C=O) groups is 1. The van der Waals surface area contributed by atoms with Crippen LogP contribution in [0.2, 0.25) is 0 Å². The molecule has 1 N–H and O–H groups in total. The van der Waals surface area contributed by atoms with E-state index in [0.29, 0.717) is 23.9 Å². The molecule has 29 heavy (non-hydrogen) atoms. The van der Waals surface area contributed by atoms with Gasteiger partial charge in [-0.2, -0.15) is 0 Å². The number of hydrogen-bond donors (Lipinski definition) is 1. The molecule has 1 heterocycles. The second kappa shape index (κ2) is 9.55. The Kier molecular flexibility index (Phi) is 7.09. The summed E-state index contributed by atoms with van der Waals surface area (Å²) in [6, 6.07) is 15.5. The first-order valence-electron chi connectivity index (χ1n) is 10.2. The fourth-order valence-corrected chi connectivity index (χ4v) is 4.16. The summed E-state index contributed by atoms with van der Waals surface area (Å²) < 4.78 is 20.2. The molecular formula is C23H30N2O3S. The summed E-state index contributed by atoms with van der Waals surface area (Å²) in [5.41, 5.74) is 3.39. The number of hydrogen-bond acceptors (Lipinski definition) is 3. The summed E-state index contributed by atoms with van der Waals surface area (Å²) in [5, 5.41) is 0. The first-order chi connectivity index (χ1) is 13.8. The van der Waals surface area contributed by atoms with Crippen molar-refractivity contribution in [3.8, 4) is 0 Å². The molecule has 1 fully saturated rings. The van der Waals surface area contributed by atoms with Gasteiger partial charge in [0, 0.05) is 31.9 Å². The van der Waals surface area contributed by atoms with Gasteiger partial charge in [-0.1, -0.05) is 38.1 Å². The molecule has 2 aromatic rings. The molecule has 2 unspecified atom stereocenters. The second-order valence-electron chi connectivity index (χ2n) is 8.12. The van der Waals surface area contributed by atoms with Crippen LogP contribution in [-0.2, 0) is 22.3 Å². The number of piperazine rings is 1. The molecule has 0 bridgehead atoms. The van der Waals surface area contributed by atoms with Gasteiger partial charge in [-0.25, -0.2) is 4.21 Å². The van der Waals surface area contributed by atoms with Crippen LogP contribution < -0.4 is 4.90 Å². The fourth-order valence-electron chi connectivity index (χ4n) is 3.79. The van der Waals surface area contributed by atoms with Crippen LogP contribution in [0.25, 0.3) is 0 Å². The maximum atomic E-state index is 13.0. The summed E-state index contributed by atoms with van der Waals surface area (Å²) in [4.78, 5) is 17.5. The highest BCUT2D eigenvalue weighted by Crippen LogP contribution is 2.23. The highest BCUT2D eigenvalue weighted by molar-refractivity contribution is 7.79. The van der Waals surface area contributed by atoms with Gasteiger partial charge in [-0.15, -0.1) is 0 Å². The molecule has 6 heteroatoms. The minimum absolute atomic E-state index is 0.145. The Bertz CT molecular complexity index is 841. The van der Waals surface area contributed by atoms with Gasteiger partial charge in [-0.05, 0) is 54.7 Å². The molecule has 0 aromatic heterocycles. The van der Waals surface area contributed by atoms with Crippen molar-refractivity contribution in [3.05, 3.63) is 59.7 Å². The van der Waals surface area contributed by atoms with Crippen LogP contribution in [0, 0.1) is 5.92 Å². The number of carbonyl (C=O) groups excluding carboxylic acids is 1. The predicted octanol–water partition coefficient (Wildman–Crippen LogP) is 3.92. The number of amides is 1. The summed E-state index contributed by atoms with van der Waals surface area (Å²) in [7, 11) is 0. The normalized spacial score (nSPS) is 16.7. The summed E-state index contributed by atoms with van der Waals surface area (Å²) in [6.45, 7) is 9.29. The lowest BCUT2D eigenvalue weighted by atomic mass is 9.95. The highest BCUT2D eigenvalue weighted by atomic mass is 32.2. The Labute approximate surface area is 176 Å². The SMILES string of the molecule is CC(C)Cc1ccc(C(C)C(=O)N2CCN(c3ccc(S(=O)O)cc3)CC2)cc1. The van der Waals surface area contributed by atoms with Crippen molar-refractivity contribution in [2.75, 3.05) is 31.1 Å². The third kappa shape index (κ3) is 5.46. The summed E-state index contributed by atoms with van der Waals surface area (Å²) >= 11 is -1.95. The van der Waals surface area contributed by atoms with Gasteiger partial charge in [-0.3, -0.25) is 4.79 Å². The maximum absolute atomic E-state index is 13.0. The molecule has 0 aliphatic carbocycles. The predicted molar refractivity (Wildman–Crippen MR) is 118 cm³/mol. The molecule has 1 aliphatic heterocycles. The van der Waals surface area contributed by atoms with Gasteiger partial charge >= 0.3 is 0 Å². The zero-order chi connectivity index (χ0) is 21.0. The molecule has 5 nitrogen and oxygen atoms in total. The van der Waals surface area contributed by atoms with E-state index >= 15 is 0 Å². The molecule has 2 aromatic carbocycles. The number of rotatable bonds is 6. The monoisotopic (exact) mass is 414 g/mol. The third-order valence-corrected chi connectivity index (χ3v) is 6.16. The Morgan fingerprint density at radius 3 is 2.07 bits per heavy atom. The first-order valence-corrected chi connectivity index (χ1v) is 11.3. The smallest absolute Gasteiger partial charge is 0.229 e. The van der Waals surface area contributed by atoms with E-state index < -0.39 is 11.1 Å². The Hall–Kier alpha value is -2.18. The van der Waals surface area contributed by atoms with Crippen molar-refractivity contribution in [1.29, 1.82) is 0 Å². The number of anilines is 1. The van der Waals surface area contributed by atoms with Crippen molar-refractivity contribution >= 4 is 22.7 Å². The van der Waals surface area contributed by atoms with Crippen molar-refractivity contribution in [2.45, 2.75) is 38.0 Å². The van der Waals surface area contributed by atoms with Gasteiger partial charge in [0.05, 0.1) is 10.8 Å². The van der Waals surface area contributed by atoms with E-state index in [9.17, 15) is 9.00 Å². The zero-order valence-corrected chi connectivity index (χ0v) is 18.2. The molecule has 1 saturated heterocycles. The van der Waals surface area contributed by atoms with E-state index in [1.54, 1.807) is 12.1 Å². The number of benzene rings is 2. The summed E-state index contributed by atoms with van der Waals surface area (Å²) in [6.07, 6.45) is 1.06. The minimum Gasteiger partial charge on any atom is -0.368 e. The van der Waals surface area contributed by atoms with Gasteiger partial charge < -0.3 is 14.4 Å². The second-order valence-corrected chi connectivity index (χ2v) is 9.09. The van der Waals surface area contributed by atoms with Crippen molar-refractivity contribution in [1.82, 2.24) is 4.90 Å². The Morgan fingerprint density at radius 2 is 1.55 bits per heavy atom. The minimum atomic E-state index is -1.95. The molecule has 1 aliphatic rings. The quantitative estimate of drug-likeness (QED) is 0.728. The molecule has 0 saturated carbocycles. The van der Waals surface area contributed by atoms with Gasteiger partial charge in [0.25, 0.3) is 0 Å². The van der Waals surface area contributed by atoms with Crippen LogP contribution in [0.3, 0.4) is 0 Å². The number of nitrogens with zero attached hydrogens (tertiary/aromatic N) is 2. The molecule has 1 amide bonds. The van der Waals surface area contributed by atoms with E-state index in [1.807, 2.05) is 24.0 Å². The lowest BCUT2D eigenvalue weighted by molar-refractivity contribution is -0.132. The van der Waals surface area contributed by atoms with E-state index in [1.165, 1.54) is 5.56 Å². The first kappa shape index (κ1) is 21.5. The topological polar surface area (TPSA) is 60.9 Å².